The molecule has 108 valence electrons. The van der Waals surface area contributed by atoms with Crippen LogP contribution >= 0.6 is 0 Å². The van der Waals surface area contributed by atoms with Gasteiger partial charge in [-0.25, -0.2) is 4.79 Å². The van der Waals surface area contributed by atoms with Crippen molar-refractivity contribution in [2.24, 2.45) is 0 Å². The molecule has 0 saturated heterocycles. The highest BCUT2D eigenvalue weighted by Crippen LogP contribution is 2.15. The van der Waals surface area contributed by atoms with E-state index < -0.39 is 5.97 Å². The number of aryl methyl sites for hydroxylation is 1. The van der Waals surface area contributed by atoms with Gasteiger partial charge >= 0.3 is 12.0 Å². The van der Waals surface area contributed by atoms with Crippen LogP contribution in [0.3, 0.4) is 0 Å². The summed E-state index contributed by atoms with van der Waals surface area (Å²) in [5.74, 6) is -0.935. The van der Waals surface area contributed by atoms with Gasteiger partial charge in [-0.3, -0.25) is 9.69 Å². The molecule has 0 aliphatic heterocycles. The number of rotatable bonds is 6. The van der Waals surface area contributed by atoms with E-state index >= 15 is 0 Å². The zero-order chi connectivity index (χ0) is 15.1. The Balaban J connectivity index is 2.83. The van der Waals surface area contributed by atoms with Crippen molar-refractivity contribution in [2.75, 3.05) is 18.0 Å². The molecule has 2 amide bonds. The molecule has 0 spiro atoms. The van der Waals surface area contributed by atoms with Gasteiger partial charge in [0.1, 0.15) is 0 Å². The number of amides is 2. The number of urea groups is 1. The molecule has 0 radical (unpaired) electrons. The van der Waals surface area contributed by atoms with Crippen LogP contribution in [0.4, 0.5) is 10.5 Å². The molecule has 0 heterocycles. The predicted octanol–water partition coefficient (Wildman–Crippen LogP) is 2.56. The fourth-order valence-corrected chi connectivity index (χ4v) is 1.60. The first-order valence-electron chi connectivity index (χ1n) is 6.38. The molecule has 0 unspecified atom stereocenters. The van der Waals surface area contributed by atoms with E-state index in [2.05, 4.69) is 11.9 Å². The normalized spacial score (nSPS) is 9.90. The molecular weight excluding hydrogens is 256 g/mol. The lowest BCUT2D eigenvalue weighted by atomic mass is 10.2. The predicted molar refractivity (Wildman–Crippen MR) is 79.0 cm³/mol. The summed E-state index contributed by atoms with van der Waals surface area (Å²) < 4.78 is 0. The van der Waals surface area contributed by atoms with Gasteiger partial charge in [0.05, 0.1) is 6.42 Å². The van der Waals surface area contributed by atoms with Crippen LogP contribution in [0.2, 0.25) is 0 Å². The smallest absolute Gasteiger partial charge is 0.322 e. The van der Waals surface area contributed by atoms with Crippen molar-refractivity contribution in [3.8, 4) is 0 Å². The van der Waals surface area contributed by atoms with Crippen molar-refractivity contribution in [2.45, 2.75) is 20.3 Å². The Kier molecular flexibility index (Phi) is 5.77. The summed E-state index contributed by atoms with van der Waals surface area (Å²) in [4.78, 5) is 24.3. The Morgan fingerprint density at radius 3 is 2.40 bits per heavy atom. The van der Waals surface area contributed by atoms with E-state index in [9.17, 15) is 9.59 Å². The van der Waals surface area contributed by atoms with Gasteiger partial charge in [-0.15, -0.1) is 0 Å². The van der Waals surface area contributed by atoms with Gasteiger partial charge in [0, 0.05) is 18.8 Å². The highest BCUT2D eigenvalue weighted by atomic mass is 16.4. The fraction of sp³-hybridized carbons (Fsp3) is 0.333. The summed E-state index contributed by atoms with van der Waals surface area (Å²) in [5, 5.41) is 11.5. The minimum absolute atomic E-state index is 0.103. The molecule has 0 aromatic heterocycles. The Bertz CT molecular complexity index is 494. The molecule has 5 nitrogen and oxygen atoms in total. The molecule has 0 atom stereocenters. The number of hydrogen-bond acceptors (Lipinski definition) is 2. The number of hydrogen-bond donors (Lipinski definition) is 2. The molecule has 1 aromatic carbocycles. The Hall–Kier alpha value is -2.30. The van der Waals surface area contributed by atoms with Crippen LogP contribution in [0.1, 0.15) is 18.9 Å². The lowest BCUT2D eigenvalue weighted by Crippen LogP contribution is -2.41. The molecule has 20 heavy (non-hydrogen) atoms. The average Bonchev–Trinajstić information content (AvgIpc) is 2.38. The Labute approximate surface area is 118 Å². The average molecular weight is 276 g/mol. The van der Waals surface area contributed by atoms with Gasteiger partial charge in [-0.1, -0.05) is 29.8 Å². The van der Waals surface area contributed by atoms with Gasteiger partial charge in [-0.2, -0.15) is 0 Å². The summed E-state index contributed by atoms with van der Waals surface area (Å²) in [7, 11) is 0. The van der Waals surface area contributed by atoms with E-state index in [1.54, 1.807) is 12.1 Å². The minimum atomic E-state index is -0.935. The molecular formula is C15H20N2O3. The Morgan fingerprint density at radius 2 is 1.90 bits per heavy atom. The SMILES string of the molecule is C=C(C)CNC(=O)N(CCC(=O)O)c1ccc(C)cc1. The first-order valence-corrected chi connectivity index (χ1v) is 6.38. The van der Waals surface area contributed by atoms with Gasteiger partial charge < -0.3 is 10.4 Å². The van der Waals surface area contributed by atoms with Gasteiger partial charge in [0.2, 0.25) is 0 Å². The fourth-order valence-electron chi connectivity index (χ4n) is 1.60. The lowest BCUT2D eigenvalue weighted by molar-refractivity contribution is -0.136. The monoisotopic (exact) mass is 276 g/mol. The van der Waals surface area contributed by atoms with Crippen LogP contribution in [-0.4, -0.2) is 30.2 Å². The number of carbonyl (C=O) groups excluding carboxylic acids is 1. The van der Waals surface area contributed by atoms with Crippen LogP contribution in [0.25, 0.3) is 0 Å². The second kappa shape index (κ2) is 7.33. The number of carboxylic acid groups (broad SMARTS) is 1. The summed E-state index contributed by atoms with van der Waals surface area (Å²) in [6.07, 6.45) is -0.103. The molecule has 1 rings (SSSR count). The van der Waals surface area contributed by atoms with Crippen LogP contribution in [0.5, 0.6) is 0 Å². The quantitative estimate of drug-likeness (QED) is 0.784. The van der Waals surface area contributed by atoms with E-state index in [0.717, 1.165) is 11.1 Å². The molecule has 5 heteroatoms. The second-order valence-corrected chi connectivity index (χ2v) is 4.75. The molecule has 0 saturated carbocycles. The molecule has 1 aromatic rings. The van der Waals surface area contributed by atoms with Crippen molar-refractivity contribution in [1.82, 2.24) is 5.32 Å². The maximum absolute atomic E-state index is 12.1. The van der Waals surface area contributed by atoms with Gasteiger partial charge in [0.25, 0.3) is 0 Å². The Morgan fingerprint density at radius 1 is 1.30 bits per heavy atom. The highest BCUT2D eigenvalue weighted by Gasteiger charge is 2.16. The number of carboxylic acids is 1. The van der Waals surface area contributed by atoms with Gasteiger partial charge in [-0.05, 0) is 26.0 Å². The van der Waals surface area contributed by atoms with E-state index in [-0.39, 0.29) is 19.0 Å². The maximum Gasteiger partial charge on any atom is 0.322 e. The standard InChI is InChI=1S/C15H20N2O3/c1-11(2)10-16-15(20)17(9-8-14(18)19)13-6-4-12(3)5-7-13/h4-7H,1,8-10H2,2-3H3,(H,16,20)(H,18,19). The van der Waals surface area contributed by atoms with E-state index in [1.807, 2.05) is 26.0 Å². The lowest BCUT2D eigenvalue weighted by Gasteiger charge is -2.22. The topological polar surface area (TPSA) is 69.6 Å². The third kappa shape index (κ3) is 5.14. The summed E-state index contributed by atoms with van der Waals surface area (Å²) in [5.41, 5.74) is 2.59. The molecule has 0 fully saturated rings. The maximum atomic E-state index is 12.1. The first-order chi connectivity index (χ1) is 9.40. The van der Waals surface area contributed by atoms with Crippen LogP contribution in [-0.2, 0) is 4.79 Å². The number of aliphatic carboxylic acids is 1. The molecule has 0 bridgehead atoms. The van der Waals surface area contributed by atoms with Crippen LogP contribution in [0.15, 0.2) is 36.4 Å². The number of anilines is 1. The second-order valence-electron chi connectivity index (χ2n) is 4.75. The number of carbonyl (C=O) groups is 2. The molecule has 2 N–H and O–H groups in total. The van der Waals surface area contributed by atoms with Crippen molar-refractivity contribution in [3.05, 3.63) is 42.0 Å². The van der Waals surface area contributed by atoms with Crippen molar-refractivity contribution < 1.29 is 14.7 Å². The van der Waals surface area contributed by atoms with Crippen molar-refractivity contribution >= 4 is 17.7 Å². The molecule has 0 aliphatic carbocycles. The number of nitrogens with zero attached hydrogens (tertiary/aromatic N) is 1. The summed E-state index contributed by atoms with van der Waals surface area (Å²) in [6.45, 7) is 7.98. The first kappa shape index (κ1) is 15.8. The van der Waals surface area contributed by atoms with Gasteiger partial charge in [0.15, 0.2) is 0 Å². The molecule has 0 aliphatic rings. The number of nitrogens with one attached hydrogen (secondary N) is 1. The van der Waals surface area contributed by atoms with Crippen molar-refractivity contribution in [1.29, 1.82) is 0 Å². The zero-order valence-electron chi connectivity index (χ0n) is 11.8. The van der Waals surface area contributed by atoms with E-state index in [0.29, 0.717) is 12.2 Å². The van der Waals surface area contributed by atoms with Crippen molar-refractivity contribution in [3.63, 3.8) is 0 Å². The highest BCUT2D eigenvalue weighted by molar-refractivity contribution is 5.92. The summed E-state index contributed by atoms with van der Waals surface area (Å²) in [6, 6.07) is 7.05. The van der Waals surface area contributed by atoms with Crippen LogP contribution in [0, 0.1) is 6.92 Å². The van der Waals surface area contributed by atoms with E-state index in [1.165, 1.54) is 4.90 Å². The summed E-state index contributed by atoms with van der Waals surface area (Å²) >= 11 is 0. The zero-order valence-corrected chi connectivity index (χ0v) is 11.8. The minimum Gasteiger partial charge on any atom is -0.481 e. The van der Waals surface area contributed by atoms with E-state index in [4.69, 9.17) is 5.11 Å². The van der Waals surface area contributed by atoms with Crippen LogP contribution < -0.4 is 10.2 Å². The largest absolute Gasteiger partial charge is 0.481 e. The number of benzene rings is 1. The third-order valence-electron chi connectivity index (χ3n) is 2.68. The third-order valence-corrected chi connectivity index (χ3v) is 2.68.